The zero-order valence-corrected chi connectivity index (χ0v) is 30.4. The van der Waals surface area contributed by atoms with Gasteiger partial charge in [-0.3, -0.25) is 9.89 Å². The van der Waals surface area contributed by atoms with Crippen molar-refractivity contribution in [1.29, 1.82) is 0 Å². The van der Waals surface area contributed by atoms with Gasteiger partial charge in [-0.15, -0.1) is 0 Å². The predicted octanol–water partition coefficient (Wildman–Crippen LogP) is 6.86. The lowest BCUT2D eigenvalue weighted by atomic mass is 9.98. The van der Waals surface area contributed by atoms with Gasteiger partial charge < -0.3 is 29.8 Å². The number of morpholine rings is 1. The fraction of sp³-hybridized carbons (Fsp3) is 0.474. The Balaban J connectivity index is 0.00000146. The number of rotatable bonds is 10. The summed E-state index contributed by atoms with van der Waals surface area (Å²) in [5, 5.41) is 8.98. The fourth-order valence-corrected chi connectivity index (χ4v) is 5.82. The van der Waals surface area contributed by atoms with Crippen LogP contribution in [0.3, 0.4) is 0 Å². The molecule has 3 N–H and O–H groups in total. The molecule has 0 saturated carbocycles. The molecule has 2 amide bonds. The number of hydrogen-bond donors (Lipinski definition) is 3. The van der Waals surface area contributed by atoms with Crippen LogP contribution in [0.4, 0.5) is 23.8 Å². The van der Waals surface area contributed by atoms with Crippen molar-refractivity contribution in [3.05, 3.63) is 90.4 Å². The minimum Gasteiger partial charge on any atom is -0.379 e. The van der Waals surface area contributed by atoms with E-state index in [-0.39, 0.29) is 12.3 Å². The van der Waals surface area contributed by atoms with Crippen molar-refractivity contribution in [1.82, 2.24) is 29.9 Å². The maximum Gasteiger partial charge on any atom is 0.416 e. The number of anilines is 1. The van der Waals surface area contributed by atoms with Crippen LogP contribution in [0.5, 0.6) is 0 Å². The Labute approximate surface area is 304 Å². The molecule has 4 heterocycles. The molecule has 0 aromatic carbocycles. The highest BCUT2D eigenvalue weighted by Gasteiger charge is 2.34. The lowest BCUT2D eigenvalue weighted by molar-refractivity contribution is -0.0883. The number of carbonyl (C=O) groups is 1. The lowest BCUT2D eigenvalue weighted by Gasteiger charge is -2.27. The monoisotopic (exact) mass is 724 g/mol. The molecule has 0 radical (unpaired) electrons. The summed E-state index contributed by atoms with van der Waals surface area (Å²) >= 11 is 0. The molecule has 4 aliphatic rings. The number of fused-ring (bicyclic) bond motifs is 1. The fourth-order valence-electron chi connectivity index (χ4n) is 5.82. The van der Waals surface area contributed by atoms with Crippen LogP contribution in [-0.4, -0.2) is 95.8 Å². The van der Waals surface area contributed by atoms with Gasteiger partial charge in [0.25, 0.3) is 0 Å². The molecule has 3 atom stereocenters. The molecule has 2 aliphatic carbocycles. The van der Waals surface area contributed by atoms with Crippen molar-refractivity contribution >= 4 is 29.3 Å². The number of amides is 2. The van der Waals surface area contributed by atoms with Gasteiger partial charge in [0, 0.05) is 57.2 Å². The summed E-state index contributed by atoms with van der Waals surface area (Å²) in [4.78, 5) is 29.0. The molecular formula is C38H51F3N8O3. The molecule has 2 aliphatic heterocycles. The van der Waals surface area contributed by atoms with E-state index >= 15 is 0 Å². The van der Waals surface area contributed by atoms with Crippen LogP contribution < -0.4 is 16.0 Å². The second kappa shape index (κ2) is 20.5. The number of nitrogens with one attached hydrogen (secondary N) is 3. The molecule has 6 rings (SSSR count). The maximum atomic E-state index is 13.7. The van der Waals surface area contributed by atoms with Crippen molar-refractivity contribution < 1.29 is 27.4 Å². The number of alkyl halides is 3. The summed E-state index contributed by atoms with van der Waals surface area (Å²) in [6.45, 7) is 12.3. The minimum absolute atomic E-state index is 0.000348. The van der Waals surface area contributed by atoms with E-state index in [9.17, 15) is 18.0 Å². The molecule has 52 heavy (non-hydrogen) atoms. The van der Waals surface area contributed by atoms with Gasteiger partial charge in [0.05, 0.1) is 42.8 Å². The number of urea groups is 1. The van der Waals surface area contributed by atoms with E-state index in [4.69, 9.17) is 14.5 Å². The van der Waals surface area contributed by atoms with Gasteiger partial charge in [-0.05, 0) is 42.9 Å². The first-order chi connectivity index (χ1) is 25.3. The summed E-state index contributed by atoms with van der Waals surface area (Å²) in [6.07, 6.45) is 18.4. The Bertz CT molecular complexity index is 1670. The molecule has 2 aromatic heterocycles. The Kier molecular flexibility index (Phi) is 15.9. The van der Waals surface area contributed by atoms with Gasteiger partial charge in [-0.2, -0.15) is 13.2 Å². The SMILES string of the molecule is CC.CC.O=C(NC1=CC(C(F)(F)F)=CC=CC1OCCN1CCOCC1)NC1C=CC=C(c2cn3ccnc3c(NCC3C=CN=CCC3)n2)C1. The van der Waals surface area contributed by atoms with Gasteiger partial charge in [-0.25, -0.2) is 14.8 Å². The van der Waals surface area contributed by atoms with Crippen molar-refractivity contribution in [2.75, 3.05) is 51.3 Å². The van der Waals surface area contributed by atoms with Crippen LogP contribution in [0.15, 0.2) is 89.7 Å². The number of ether oxygens (including phenoxy) is 2. The predicted molar refractivity (Wildman–Crippen MR) is 200 cm³/mol. The number of allylic oxidation sites excluding steroid dienone is 6. The number of aromatic nitrogens is 3. The van der Waals surface area contributed by atoms with Gasteiger partial charge >= 0.3 is 12.2 Å². The highest BCUT2D eigenvalue weighted by Crippen LogP contribution is 2.30. The number of nitrogens with zero attached hydrogens (tertiary/aromatic N) is 5. The molecule has 2 aromatic rings. The summed E-state index contributed by atoms with van der Waals surface area (Å²) in [7, 11) is 0. The van der Waals surface area contributed by atoms with E-state index in [2.05, 4.69) is 36.9 Å². The van der Waals surface area contributed by atoms with Crippen molar-refractivity contribution in [3.8, 4) is 0 Å². The number of hydrogen-bond acceptors (Lipinski definition) is 8. The highest BCUT2D eigenvalue weighted by molar-refractivity contribution is 5.78. The summed E-state index contributed by atoms with van der Waals surface area (Å²) < 4.78 is 54.4. The first kappa shape index (κ1) is 40.2. The number of aliphatic imine (C=N–C) groups is 1. The average Bonchev–Trinajstić information content (AvgIpc) is 3.35. The van der Waals surface area contributed by atoms with E-state index in [0.717, 1.165) is 43.7 Å². The lowest BCUT2D eigenvalue weighted by Crippen LogP contribution is -2.44. The van der Waals surface area contributed by atoms with Gasteiger partial charge in [-0.1, -0.05) is 64.2 Å². The van der Waals surface area contributed by atoms with E-state index in [1.807, 2.05) is 75.1 Å². The van der Waals surface area contributed by atoms with Crippen molar-refractivity contribution in [3.63, 3.8) is 0 Å². The third kappa shape index (κ3) is 11.8. The standard InChI is InChI=1S/C34H39F3N8O3.2C2H6/c35-34(36,37)26-6-2-8-30(48-19-16-44-14-17-47-18-15-44)28(21-26)43-33(46)41-27-7-1-5-25(20-27)29-23-45-13-12-39-32(45)31(42-29)40-22-24-4-3-10-38-11-9-24;2*1-2/h1-2,5-13,21,23-24,27,30H,3-4,14-20,22H2,(H,40,42)(H2,41,43,46);2*1-2H3. The van der Waals surface area contributed by atoms with Crippen LogP contribution >= 0.6 is 0 Å². The van der Waals surface area contributed by atoms with Crippen molar-refractivity contribution in [2.24, 2.45) is 10.9 Å². The summed E-state index contributed by atoms with van der Waals surface area (Å²) in [5.74, 6) is 0.948. The van der Waals surface area contributed by atoms with Crippen LogP contribution in [0, 0.1) is 5.92 Å². The van der Waals surface area contributed by atoms with Crippen LogP contribution in [0.1, 0.15) is 52.7 Å². The highest BCUT2D eigenvalue weighted by atomic mass is 19.4. The van der Waals surface area contributed by atoms with Crippen LogP contribution in [0.25, 0.3) is 11.2 Å². The molecular weight excluding hydrogens is 673 g/mol. The van der Waals surface area contributed by atoms with E-state index < -0.39 is 29.9 Å². The first-order valence-electron chi connectivity index (χ1n) is 18.1. The zero-order valence-electron chi connectivity index (χ0n) is 30.4. The third-order valence-corrected chi connectivity index (χ3v) is 8.42. The van der Waals surface area contributed by atoms with Crippen molar-refractivity contribution in [2.45, 2.75) is 65.3 Å². The van der Waals surface area contributed by atoms with Crippen LogP contribution in [0.2, 0.25) is 0 Å². The van der Waals surface area contributed by atoms with E-state index in [0.29, 0.717) is 55.8 Å². The van der Waals surface area contributed by atoms with Gasteiger partial charge in [0.15, 0.2) is 11.5 Å². The second-order valence-corrected chi connectivity index (χ2v) is 11.9. The summed E-state index contributed by atoms with van der Waals surface area (Å²) in [6, 6.07) is -1.07. The first-order valence-corrected chi connectivity index (χ1v) is 18.1. The molecule has 0 spiro atoms. The molecule has 3 unspecified atom stereocenters. The third-order valence-electron chi connectivity index (χ3n) is 8.42. The molecule has 1 fully saturated rings. The number of carbonyl (C=O) groups excluding carboxylic acids is 1. The van der Waals surface area contributed by atoms with E-state index in [1.165, 1.54) is 12.2 Å². The number of halogens is 3. The molecule has 1 saturated heterocycles. The molecule has 14 heteroatoms. The average molecular weight is 725 g/mol. The largest absolute Gasteiger partial charge is 0.416 e. The molecule has 282 valence electrons. The van der Waals surface area contributed by atoms with Crippen LogP contribution in [-0.2, 0) is 9.47 Å². The normalized spacial score (nSPS) is 21.7. The Morgan fingerprint density at radius 1 is 1.08 bits per heavy atom. The molecule has 0 bridgehead atoms. The Hall–Kier alpha value is -4.53. The smallest absolute Gasteiger partial charge is 0.379 e. The Morgan fingerprint density at radius 3 is 2.65 bits per heavy atom. The Morgan fingerprint density at radius 2 is 1.87 bits per heavy atom. The number of imidazole rings is 1. The zero-order chi connectivity index (χ0) is 37.3. The summed E-state index contributed by atoms with van der Waals surface area (Å²) in [5.41, 5.74) is 1.41. The van der Waals surface area contributed by atoms with E-state index in [1.54, 1.807) is 6.20 Å². The molecule has 11 nitrogen and oxygen atoms in total. The quantitative estimate of drug-likeness (QED) is 0.245. The minimum atomic E-state index is -4.60. The van der Waals surface area contributed by atoms with Gasteiger partial charge in [0.2, 0.25) is 0 Å². The topological polar surface area (TPSA) is 117 Å². The van der Waals surface area contributed by atoms with Gasteiger partial charge in [0.1, 0.15) is 6.10 Å². The maximum absolute atomic E-state index is 13.7. The second-order valence-electron chi connectivity index (χ2n) is 11.9.